The molecule has 10 heteroatoms. The van der Waals surface area contributed by atoms with Crippen molar-refractivity contribution in [2.45, 2.75) is 58.8 Å². The van der Waals surface area contributed by atoms with E-state index in [2.05, 4.69) is 0 Å². The largest absolute Gasteiger partial charge is 0.444 e. The van der Waals surface area contributed by atoms with Crippen LogP contribution in [0.4, 0.5) is 9.59 Å². The van der Waals surface area contributed by atoms with Crippen molar-refractivity contribution in [3.8, 4) is 0 Å². The molecule has 0 atom stereocenters. The zero-order valence-electron chi connectivity index (χ0n) is 15.5. The van der Waals surface area contributed by atoms with E-state index in [-0.39, 0.29) is 0 Å². The number of rotatable bonds is 3. The average Bonchev–Trinajstić information content (AvgIpc) is 2.64. The lowest BCUT2D eigenvalue weighted by Crippen LogP contribution is -2.41. The van der Waals surface area contributed by atoms with E-state index in [0.717, 1.165) is 12.3 Å². The van der Waals surface area contributed by atoms with Crippen molar-refractivity contribution in [1.82, 2.24) is 9.80 Å². The number of nitrogens with zero attached hydrogens (tertiary/aromatic N) is 2. The number of amides is 2. The Kier molecular flexibility index (Phi) is 8.55. The molecule has 0 aliphatic carbocycles. The molecule has 1 heterocycles. The van der Waals surface area contributed by atoms with Gasteiger partial charge in [0.2, 0.25) is 0 Å². The van der Waals surface area contributed by atoms with Gasteiger partial charge in [0.25, 0.3) is 0 Å². The molecule has 8 nitrogen and oxygen atoms in total. The summed E-state index contributed by atoms with van der Waals surface area (Å²) < 4.78 is 21.2. The molecule has 0 aromatic carbocycles. The summed E-state index contributed by atoms with van der Waals surface area (Å²) in [5, 5.41) is 0. The van der Waals surface area contributed by atoms with Crippen LogP contribution < -0.4 is 0 Å². The van der Waals surface area contributed by atoms with Crippen LogP contribution >= 0.6 is 35.3 Å². The van der Waals surface area contributed by atoms with Crippen LogP contribution in [0, 0.1) is 0 Å². The minimum absolute atomic E-state index is 0.293. The summed E-state index contributed by atoms with van der Waals surface area (Å²) in [7, 11) is 0. The van der Waals surface area contributed by atoms with E-state index in [9.17, 15) is 9.59 Å². The molecule has 0 unspecified atom stereocenters. The molecule has 1 saturated heterocycles. The first-order chi connectivity index (χ1) is 11.4. The van der Waals surface area contributed by atoms with Crippen LogP contribution in [-0.2, 0) is 16.2 Å². The van der Waals surface area contributed by atoms with E-state index in [0.29, 0.717) is 26.2 Å². The minimum atomic E-state index is -0.593. The van der Waals surface area contributed by atoms with Crippen molar-refractivity contribution in [1.29, 1.82) is 0 Å². The first-order valence-corrected chi connectivity index (χ1v) is 9.52. The molecule has 25 heavy (non-hydrogen) atoms. The van der Waals surface area contributed by atoms with E-state index < -0.39 is 29.5 Å². The molecule has 0 N–H and O–H groups in total. The molecule has 0 aromatic rings. The Morgan fingerprint density at radius 3 is 1.64 bits per heavy atom. The number of ether oxygens (including phenoxy) is 2. The monoisotopic (exact) mass is 490 g/mol. The number of hydrogen-bond acceptors (Lipinski definition) is 7. The van der Waals surface area contributed by atoms with Crippen molar-refractivity contribution in [3.63, 3.8) is 0 Å². The summed E-state index contributed by atoms with van der Waals surface area (Å²) in [6.45, 7) is 12.1. The highest BCUT2D eigenvalue weighted by molar-refractivity contribution is 14.1. The lowest BCUT2D eigenvalue weighted by Gasteiger charge is -2.27. The van der Waals surface area contributed by atoms with Gasteiger partial charge >= 0.3 is 12.2 Å². The van der Waals surface area contributed by atoms with Gasteiger partial charge in [-0.05, 0) is 41.5 Å². The zero-order chi connectivity index (χ0) is 19.3. The van der Waals surface area contributed by atoms with Gasteiger partial charge in [0.1, 0.15) is 40.3 Å². The van der Waals surface area contributed by atoms with Gasteiger partial charge < -0.3 is 19.3 Å². The molecule has 1 aliphatic heterocycles. The standard InChI is InChI=1S/C15H27IN2O6S/c1-14(2,3)21-12(19)17-7-8-18(13(20)22-15(4,5)6)10-11(9-17)23-25-24-16/h11H,7-10H2,1-6H3. The first kappa shape index (κ1) is 22.6. The molecular formula is C15H27IN2O6S. The summed E-state index contributed by atoms with van der Waals surface area (Å²) in [5.74, 6) is 0. The van der Waals surface area contributed by atoms with Crippen molar-refractivity contribution in [2.75, 3.05) is 26.2 Å². The zero-order valence-corrected chi connectivity index (χ0v) is 18.5. The Morgan fingerprint density at radius 1 is 0.920 bits per heavy atom. The van der Waals surface area contributed by atoms with Gasteiger partial charge in [-0.25, -0.2) is 12.1 Å². The van der Waals surface area contributed by atoms with Gasteiger partial charge in [-0.2, -0.15) is 0 Å². The maximum absolute atomic E-state index is 12.4. The maximum Gasteiger partial charge on any atom is 0.410 e. The normalized spacial score (nSPS) is 17.2. The van der Waals surface area contributed by atoms with E-state index in [1.54, 1.807) is 23.0 Å². The van der Waals surface area contributed by atoms with Crippen molar-refractivity contribution >= 4 is 47.5 Å². The summed E-state index contributed by atoms with van der Waals surface area (Å²) in [6, 6.07) is 0. The molecule has 2 amide bonds. The van der Waals surface area contributed by atoms with E-state index >= 15 is 0 Å². The molecule has 146 valence electrons. The van der Waals surface area contributed by atoms with Crippen LogP contribution in [-0.4, -0.2) is 65.5 Å². The number of halogens is 1. The Bertz CT molecular complexity index is 428. The topological polar surface area (TPSA) is 77.5 Å². The fraction of sp³-hybridized carbons (Fsp3) is 0.867. The van der Waals surface area contributed by atoms with Crippen LogP contribution in [0.3, 0.4) is 0 Å². The molecular weight excluding hydrogens is 463 g/mol. The molecule has 1 aliphatic rings. The maximum atomic E-state index is 12.4. The fourth-order valence-corrected chi connectivity index (χ4v) is 2.61. The average molecular weight is 490 g/mol. The Hall–Kier alpha value is -0.460. The van der Waals surface area contributed by atoms with E-state index in [4.69, 9.17) is 16.2 Å². The highest BCUT2D eigenvalue weighted by Crippen LogP contribution is 2.20. The SMILES string of the molecule is CC(C)(C)OC(=O)N1CCN(C(=O)OC(C)(C)C)CC(OSOI)C1. The summed E-state index contributed by atoms with van der Waals surface area (Å²) in [5.41, 5.74) is -1.19. The van der Waals surface area contributed by atoms with Gasteiger partial charge in [-0.15, -0.1) is 0 Å². The highest BCUT2D eigenvalue weighted by Gasteiger charge is 2.33. The predicted molar refractivity (Wildman–Crippen MR) is 103 cm³/mol. The third-order valence-corrected chi connectivity index (χ3v) is 3.83. The Morgan fingerprint density at radius 2 is 1.32 bits per heavy atom. The highest BCUT2D eigenvalue weighted by atomic mass is 127. The van der Waals surface area contributed by atoms with Crippen molar-refractivity contribution in [3.05, 3.63) is 0 Å². The van der Waals surface area contributed by atoms with Crippen LogP contribution in [0.2, 0.25) is 0 Å². The second kappa shape index (κ2) is 9.47. The molecule has 0 spiro atoms. The predicted octanol–water partition coefficient (Wildman–Crippen LogP) is 3.79. The molecule has 0 bridgehead atoms. The Labute approximate surface area is 167 Å². The van der Waals surface area contributed by atoms with Gasteiger partial charge in [0, 0.05) is 13.1 Å². The third kappa shape index (κ3) is 9.15. The van der Waals surface area contributed by atoms with Crippen molar-refractivity contribution in [2.24, 2.45) is 0 Å². The van der Waals surface area contributed by atoms with Crippen LogP contribution in [0.15, 0.2) is 0 Å². The smallest absolute Gasteiger partial charge is 0.410 e. The van der Waals surface area contributed by atoms with Crippen LogP contribution in [0.1, 0.15) is 41.5 Å². The molecule has 0 radical (unpaired) electrons. The second-order valence-corrected chi connectivity index (χ2v) is 9.24. The quantitative estimate of drug-likeness (QED) is 0.440. The molecule has 0 saturated carbocycles. The fourth-order valence-electron chi connectivity index (χ4n) is 2.09. The first-order valence-electron chi connectivity index (χ1n) is 7.98. The number of carbonyl (C=O) groups is 2. The van der Waals surface area contributed by atoms with Gasteiger partial charge in [0.05, 0.1) is 13.1 Å². The minimum Gasteiger partial charge on any atom is -0.444 e. The molecule has 0 aromatic heterocycles. The molecule has 1 fully saturated rings. The van der Waals surface area contributed by atoms with Crippen LogP contribution in [0.25, 0.3) is 0 Å². The lowest BCUT2D eigenvalue weighted by atomic mass is 10.2. The van der Waals surface area contributed by atoms with Crippen molar-refractivity contribution < 1.29 is 25.8 Å². The number of carbonyl (C=O) groups excluding carboxylic acids is 2. The van der Waals surface area contributed by atoms with E-state index in [1.165, 1.54) is 9.80 Å². The Balaban J connectivity index is 2.81. The summed E-state index contributed by atoms with van der Waals surface area (Å²) in [6.07, 6.45) is -1.30. The lowest BCUT2D eigenvalue weighted by molar-refractivity contribution is 0.0200. The summed E-state index contributed by atoms with van der Waals surface area (Å²) >= 11 is 2.50. The second-order valence-electron chi connectivity index (χ2n) is 7.70. The van der Waals surface area contributed by atoms with Gasteiger partial charge in [0.15, 0.2) is 12.3 Å². The van der Waals surface area contributed by atoms with Gasteiger partial charge in [-0.3, -0.25) is 4.18 Å². The number of hydrogen-bond donors (Lipinski definition) is 0. The van der Waals surface area contributed by atoms with Crippen LogP contribution in [0.5, 0.6) is 0 Å². The third-order valence-electron chi connectivity index (χ3n) is 2.99. The van der Waals surface area contributed by atoms with E-state index in [1.807, 2.05) is 41.5 Å². The van der Waals surface area contributed by atoms with Gasteiger partial charge in [-0.1, -0.05) is 0 Å². The molecule has 1 rings (SSSR count). The summed E-state index contributed by atoms with van der Waals surface area (Å²) in [4.78, 5) is 27.8.